The summed E-state index contributed by atoms with van der Waals surface area (Å²) in [6, 6.07) is 1.97. The van der Waals surface area contributed by atoms with E-state index in [1.165, 1.54) is 0 Å². The molecule has 0 saturated heterocycles. The van der Waals surface area contributed by atoms with E-state index in [0.717, 1.165) is 0 Å². The molecule has 0 aromatic rings. The first kappa shape index (κ1) is 7.45. The molecule has 2 heteroatoms. The van der Waals surface area contributed by atoms with Crippen molar-refractivity contribution in [1.29, 1.82) is 5.26 Å². The summed E-state index contributed by atoms with van der Waals surface area (Å²) in [7, 11) is 0. The predicted molar refractivity (Wildman–Crippen MR) is 29.6 cm³/mol. The third-order valence-electron chi connectivity index (χ3n) is 1.37. The fourth-order valence-corrected chi connectivity index (χ4v) is 0.213. The zero-order valence-electron chi connectivity index (χ0n) is 5.27. The van der Waals surface area contributed by atoms with Gasteiger partial charge in [0.25, 0.3) is 0 Å². The fraction of sp³-hybridized carbons (Fsp3) is 0.833. The third kappa shape index (κ3) is 1.51. The smallest absolute Gasteiger partial charge is 0.101 e. The minimum absolute atomic E-state index is 0.292. The molecule has 0 rings (SSSR count). The molecule has 1 unspecified atom stereocenters. The van der Waals surface area contributed by atoms with Crippen molar-refractivity contribution in [2.45, 2.75) is 20.3 Å². The Kier molecular flexibility index (Phi) is 2.50. The van der Waals surface area contributed by atoms with Crippen molar-refractivity contribution in [3.8, 4) is 6.07 Å². The van der Waals surface area contributed by atoms with Crippen molar-refractivity contribution in [2.24, 2.45) is 5.41 Å². The van der Waals surface area contributed by atoms with Gasteiger partial charge in [0.2, 0.25) is 0 Å². The molecular formula is C6H10NO. The summed E-state index contributed by atoms with van der Waals surface area (Å²) < 4.78 is 0. The van der Waals surface area contributed by atoms with Crippen LogP contribution in [0.3, 0.4) is 0 Å². The Balaban J connectivity index is 3.83. The van der Waals surface area contributed by atoms with Crippen molar-refractivity contribution >= 4 is 0 Å². The molecule has 0 bridgehead atoms. The Morgan fingerprint density at radius 3 is 2.25 bits per heavy atom. The van der Waals surface area contributed by atoms with Crippen LogP contribution in [0.1, 0.15) is 20.3 Å². The summed E-state index contributed by atoms with van der Waals surface area (Å²) in [5.74, 6) is 0. The number of hydrogen-bond acceptors (Lipinski definition) is 1. The lowest BCUT2D eigenvalue weighted by atomic mass is 9.91. The van der Waals surface area contributed by atoms with E-state index in [0.29, 0.717) is 6.42 Å². The van der Waals surface area contributed by atoms with Crippen LogP contribution in [-0.4, -0.2) is 6.61 Å². The molecule has 0 aliphatic rings. The van der Waals surface area contributed by atoms with E-state index in [2.05, 4.69) is 0 Å². The fourth-order valence-electron chi connectivity index (χ4n) is 0.213. The van der Waals surface area contributed by atoms with Crippen molar-refractivity contribution in [3.05, 3.63) is 0 Å². The average molecular weight is 112 g/mol. The molecule has 8 heavy (non-hydrogen) atoms. The maximum absolute atomic E-state index is 10.2. The Morgan fingerprint density at radius 2 is 2.25 bits per heavy atom. The first-order chi connectivity index (χ1) is 3.68. The molecule has 45 valence electrons. The second-order valence-corrected chi connectivity index (χ2v) is 2.17. The Morgan fingerprint density at radius 1 is 1.75 bits per heavy atom. The molecule has 0 amide bonds. The first-order valence-electron chi connectivity index (χ1n) is 2.68. The molecule has 0 aromatic carbocycles. The van der Waals surface area contributed by atoms with Crippen LogP contribution in [0.4, 0.5) is 0 Å². The second-order valence-electron chi connectivity index (χ2n) is 2.17. The summed E-state index contributed by atoms with van der Waals surface area (Å²) >= 11 is 0. The summed E-state index contributed by atoms with van der Waals surface area (Å²) in [5.41, 5.74) is -0.625. The van der Waals surface area contributed by atoms with Gasteiger partial charge in [-0.1, -0.05) is 6.92 Å². The quantitative estimate of drug-likeness (QED) is 0.531. The van der Waals surface area contributed by atoms with E-state index >= 15 is 0 Å². The number of rotatable bonds is 2. The van der Waals surface area contributed by atoms with Gasteiger partial charge < -0.3 is 0 Å². The van der Waals surface area contributed by atoms with E-state index < -0.39 is 5.41 Å². The molecule has 0 aromatic heterocycles. The third-order valence-corrected chi connectivity index (χ3v) is 1.37. The monoisotopic (exact) mass is 112 g/mol. The maximum Gasteiger partial charge on any atom is 0.101 e. The van der Waals surface area contributed by atoms with Gasteiger partial charge in [0.15, 0.2) is 0 Å². The van der Waals surface area contributed by atoms with E-state index in [4.69, 9.17) is 5.26 Å². The highest BCUT2D eigenvalue weighted by Crippen LogP contribution is 2.17. The Bertz CT molecular complexity index is 99.6. The van der Waals surface area contributed by atoms with E-state index in [1.54, 1.807) is 6.92 Å². The van der Waals surface area contributed by atoms with Gasteiger partial charge in [-0.15, -0.1) is 0 Å². The molecular weight excluding hydrogens is 102 g/mol. The molecule has 0 saturated carbocycles. The molecule has 0 fully saturated rings. The maximum atomic E-state index is 10.2. The molecule has 1 atom stereocenters. The van der Waals surface area contributed by atoms with E-state index in [9.17, 15) is 5.11 Å². The van der Waals surface area contributed by atoms with Crippen molar-refractivity contribution < 1.29 is 5.11 Å². The predicted octanol–water partition coefficient (Wildman–Crippen LogP) is 1.36. The Hall–Kier alpha value is -0.550. The van der Waals surface area contributed by atoms with Crippen LogP contribution in [-0.2, 0) is 5.11 Å². The van der Waals surface area contributed by atoms with Gasteiger partial charge in [-0.2, -0.15) is 5.26 Å². The molecule has 0 aliphatic heterocycles. The van der Waals surface area contributed by atoms with Crippen molar-refractivity contribution in [3.63, 3.8) is 0 Å². The number of nitrogens with zero attached hydrogens (tertiary/aromatic N) is 1. The minimum atomic E-state index is -0.625. The first-order valence-corrected chi connectivity index (χ1v) is 2.68. The summed E-state index contributed by atoms with van der Waals surface area (Å²) in [5, 5.41) is 18.5. The standard InChI is InChI=1S/C6H10NO/c1-3-6(2,4-7)5-8/h3,5H2,1-2H3. The molecule has 2 nitrogen and oxygen atoms in total. The van der Waals surface area contributed by atoms with Crippen molar-refractivity contribution in [1.82, 2.24) is 0 Å². The zero-order chi connectivity index (χ0) is 6.62. The highest BCUT2D eigenvalue weighted by Gasteiger charge is 2.19. The lowest BCUT2D eigenvalue weighted by Crippen LogP contribution is -2.15. The Labute approximate surface area is 49.8 Å². The molecule has 1 radical (unpaired) electrons. The average Bonchev–Trinajstić information content (AvgIpc) is 1.87. The van der Waals surface area contributed by atoms with Crippen LogP contribution < -0.4 is 0 Å². The van der Waals surface area contributed by atoms with Crippen LogP contribution in [0.2, 0.25) is 0 Å². The zero-order valence-corrected chi connectivity index (χ0v) is 5.27. The molecule has 0 spiro atoms. The minimum Gasteiger partial charge on any atom is -0.235 e. The summed E-state index contributed by atoms with van der Waals surface area (Å²) in [4.78, 5) is 0. The topological polar surface area (TPSA) is 43.7 Å². The lowest BCUT2D eigenvalue weighted by Gasteiger charge is -2.12. The summed E-state index contributed by atoms with van der Waals surface area (Å²) in [6.45, 7) is 3.24. The van der Waals surface area contributed by atoms with Crippen LogP contribution in [0.5, 0.6) is 0 Å². The van der Waals surface area contributed by atoms with Gasteiger partial charge in [-0.25, -0.2) is 5.11 Å². The van der Waals surface area contributed by atoms with Crippen LogP contribution in [0, 0.1) is 16.7 Å². The SMILES string of the molecule is CCC(C)(C#N)C[O]. The largest absolute Gasteiger partial charge is 0.235 e. The number of nitriles is 1. The molecule has 0 aliphatic carbocycles. The highest BCUT2D eigenvalue weighted by atomic mass is 16.3. The number of hydrogen-bond donors (Lipinski definition) is 0. The normalized spacial score (nSPS) is 16.8. The van der Waals surface area contributed by atoms with Gasteiger partial charge >= 0.3 is 0 Å². The second kappa shape index (κ2) is 2.68. The van der Waals surface area contributed by atoms with Gasteiger partial charge in [0.05, 0.1) is 11.5 Å². The van der Waals surface area contributed by atoms with E-state index in [1.807, 2.05) is 13.0 Å². The van der Waals surface area contributed by atoms with Gasteiger partial charge in [0, 0.05) is 0 Å². The summed E-state index contributed by atoms with van der Waals surface area (Å²) in [6.07, 6.45) is 0.646. The van der Waals surface area contributed by atoms with Gasteiger partial charge in [-0.3, -0.25) is 0 Å². The van der Waals surface area contributed by atoms with Gasteiger partial charge in [-0.05, 0) is 13.3 Å². The van der Waals surface area contributed by atoms with Crippen LogP contribution in [0.15, 0.2) is 0 Å². The van der Waals surface area contributed by atoms with Gasteiger partial charge in [0.1, 0.15) is 6.61 Å². The molecule has 0 heterocycles. The molecule has 0 N–H and O–H groups in total. The van der Waals surface area contributed by atoms with Crippen LogP contribution >= 0.6 is 0 Å². The van der Waals surface area contributed by atoms with Crippen molar-refractivity contribution in [2.75, 3.05) is 6.61 Å². The highest BCUT2D eigenvalue weighted by molar-refractivity contribution is 4.93. The lowest BCUT2D eigenvalue weighted by molar-refractivity contribution is 0.113. The van der Waals surface area contributed by atoms with E-state index in [-0.39, 0.29) is 6.61 Å². The van der Waals surface area contributed by atoms with Crippen LogP contribution in [0.25, 0.3) is 0 Å².